The Morgan fingerprint density at radius 3 is 2.61 bits per heavy atom. The molecule has 0 amide bonds. The van der Waals surface area contributed by atoms with E-state index in [1.54, 1.807) is 11.3 Å². The molecule has 0 aromatic carbocycles. The van der Waals surface area contributed by atoms with Crippen molar-refractivity contribution in [2.75, 3.05) is 44.2 Å². The van der Waals surface area contributed by atoms with Gasteiger partial charge in [0.15, 0.2) is 11.1 Å². The topological polar surface area (TPSA) is 43.8 Å². The fraction of sp³-hybridized carbons (Fsp3) is 0.750. The number of nitrogens with one attached hydrogen (secondary N) is 1. The maximum Gasteiger partial charge on any atom is 0.193 e. The van der Waals surface area contributed by atoms with Crippen LogP contribution in [0.4, 0.5) is 5.13 Å². The lowest BCUT2D eigenvalue weighted by atomic mass is 10.3. The van der Waals surface area contributed by atoms with E-state index in [0.717, 1.165) is 38.6 Å². The zero-order valence-electron chi connectivity index (χ0n) is 14.0. The molecule has 0 bridgehead atoms. The Balaban J connectivity index is 0.00000192. The number of hydrogen-bond acceptors (Lipinski definition) is 4. The lowest BCUT2D eigenvalue weighted by molar-refractivity contribution is 0.494. The molecular formula is C16H28IN5S. The molecule has 0 atom stereocenters. The highest BCUT2D eigenvalue weighted by molar-refractivity contribution is 14.0. The number of aliphatic imine (C=N–C) groups is 1. The van der Waals surface area contributed by atoms with Crippen molar-refractivity contribution in [2.45, 2.75) is 39.0 Å². The Bertz CT molecular complexity index is 492. The summed E-state index contributed by atoms with van der Waals surface area (Å²) in [5.74, 6) is 1.08. The highest BCUT2D eigenvalue weighted by Gasteiger charge is 2.16. The molecule has 0 unspecified atom stereocenters. The fourth-order valence-electron chi connectivity index (χ4n) is 3.10. The van der Waals surface area contributed by atoms with Gasteiger partial charge >= 0.3 is 0 Å². The van der Waals surface area contributed by atoms with Gasteiger partial charge in [-0.05, 0) is 32.6 Å². The maximum atomic E-state index is 4.78. The lowest BCUT2D eigenvalue weighted by Gasteiger charge is -2.20. The van der Waals surface area contributed by atoms with E-state index in [4.69, 9.17) is 9.98 Å². The average Bonchev–Trinajstić information content (AvgIpc) is 3.27. The molecule has 0 radical (unpaired) electrons. The predicted octanol–water partition coefficient (Wildman–Crippen LogP) is 2.97. The predicted molar refractivity (Wildman–Crippen MR) is 109 cm³/mol. The number of guanidine groups is 1. The minimum absolute atomic E-state index is 0. The first-order valence-corrected chi connectivity index (χ1v) is 9.47. The molecule has 1 N–H and O–H groups in total. The highest BCUT2D eigenvalue weighted by Crippen LogP contribution is 2.24. The summed E-state index contributed by atoms with van der Waals surface area (Å²) in [6.07, 6.45) is 6.13. The van der Waals surface area contributed by atoms with Crippen molar-refractivity contribution in [2.24, 2.45) is 4.99 Å². The van der Waals surface area contributed by atoms with Crippen LogP contribution >= 0.6 is 35.3 Å². The van der Waals surface area contributed by atoms with Gasteiger partial charge < -0.3 is 15.1 Å². The molecule has 2 fully saturated rings. The number of hydrogen-bond donors (Lipinski definition) is 1. The molecule has 7 heteroatoms. The molecule has 23 heavy (non-hydrogen) atoms. The van der Waals surface area contributed by atoms with Gasteiger partial charge in [-0.15, -0.1) is 35.3 Å². The first-order valence-electron chi connectivity index (χ1n) is 8.59. The Morgan fingerprint density at radius 1 is 1.22 bits per heavy atom. The zero-order valence-corrected chi connectivity index (χ0v) is 17.1. The summed E-state index contributed by atoms with van der Waals surface area (Å²) in [7, 11) is 0. The summed E-state index contributed by atoms with van der Waals surface area (Å²) in [5, 5.41) is 6.81. The van der Waals surface area contributed by atoms with E-state index in [1.807, 2.05) is 0 Å². The van der Waals surface area contributed by atoms with Crippen molar-refractivity contribution in [1.29, 1.82) is 0 Å². The number of nitrogens with zero attached hydrogens (tertiary/aromatic N) is 4. The summed E-state index contributed by atoms with van der Waals surface area (Å²) in [6.45, 7) is 8.51. The van der Waals surface area contributed by atoms with Crippen molar-refractivity contribution in [3.8, 4) is 0 Å². The minimum atomic E-state index is 0. The monoisotopic (exact) mass is 449 g/mol. The van der Waals surface area contributed by atoms with Gasteiger partial charge in [0.25, 0.3) is 0 Å². The number of anilines is 1. The van der Waals surface area contributed by atoms with E-state index < -0.39 is 0 Å². The normalized spacial score (nSPS) is 18.4. The Labute approximate surface area is 160 Å². The number of thiazole rings is 1. The molecule has 0 saturated carbocycles. The van der Waals surface area contributed by atoms with Crippen LogP contribution in [-0.2, 0) is 6.42 Å². The molecule has 2 saturated heterocycles. The van der Waals surface area contributed by atoms with E-state index >= 15 is 0 Å². The largest absolute Gasteiger partial charge is 0.357 e. The third-order valence-electron chi connectivity index (χ3n) is 4.29. The van der Waals surface area contributed by atoms with E-state index in [9.17, 15) is 0 Å². The van der Waals surface area contributed by atoms with Gasteiger partial charge in [-0.2, -0.15) is 0 Å². The molecular weight excluding hydrogens is 421 g/mol. The maximum absolute atomic E-state index is 4.78. The SMILES string of the molecule is CCNC(=NCCc1csc(N2CCCC2)n1)N1CCCC1.I. The minimum Gasteiger partial charge on any atom is -0.357 e. The number of likely N-dealkylation sites (tertiary alicyclic amines) is 1. The first kappa shape index (κ1) is 18.8. The molecule has 1 aromatic rings. The third-order valence-corrected chi connectivity index (χ3v) is 5.24. The Hall–Kier alpha value is -0.570. The van der Waals surface area contributed by atoms with Gasteiger partial charge in [0, 0.05) is 51.1 Å². The van der Waals surface area contributed by atoms with Crippen molar-refractivity contribution in [3.05, 3.63) is 11.1 Å². The molecule has 5 nitrogen and oxygen atoms in total. The van der Waals surface area contributed by atoms with E-state index in [2.05, 4.69) is 27.4 Å². The zero-order chi connectivity index (χ0) is 15.2. The van der Waals surface area contributed by atoms with Crippen LogP contribution in [0.3, 0.4) is 0 Å². The van der Waals surface area contributed by atoms with Crippen LogP contribution in [0.1, 0.15) is 38.3 Å². The van der Waals surface area contributed by atoms with Crippen LogP contribution in [0.2, 0.25) is 0 Å². The van der Waals surface area contributed by atoms with Gasteiger partial charge in [-0.1, -0.05) is 0 Å². The van der Waals surface area contributed by atoms with Crippen LogP contribution in [0.25, 0.3) is 0 Å². The van der Waals surface area contributed by atoms with Gasteiger partial charge in [0.1, 0.15) is 0 Å². The second kappa shape index (κ2) is 9.66. The summed E-state index contributed by atoms with van der Waals surface area (Å²) in [5.41, 5.74) is 1.19. The van der Waals surface area contributed by atoms with Gasteiger partial charge in [0.2, 0.25) is 0 Å². The van der Waals surface area contributed by atoms with Gasteiger partial charge in [-0.25, -0.2) is 4.98 Å². The molecule has 1 aromatic heterocycles. The van der Waals surface area contributed by atoms with E-state index in [0.29, 0.717) is 0 Å². The fourth-order valence-corrected chi connectivity index (χ4v) is 4.01. The number of aromatic nitrogens is 1. The smallest absolute Gasteiger partial charge is 0.193 e. The second-order valence-corrected chi connectivity index (χ2v) is 6.83. The van der Waals surface area contributed by atoms with Gasteiger partial charge in [0.05, 0.1) is 5.69 Å². The van der Waals surface area contributed by atoms with Crippen LogP contribution in [0, 0.1) is 0 Å². The van der Waals surface area contributed by atoms with E-state index in [1.165, 1.54) is 49.6 Å². The molecule has 2 aliphatic rings. The standard InChI is InChI=1S/C16H27N5S.HI/c1-2-17-15(20-9-3-4-10-20)18-8-7-14-13-22-16(19-14)21-11-5-6-12-21;/h13H,2-12H2,1H3,(H,17,18);1H. The molecule has 0 aliphatic carbocycles. The molecule has 130 valence electrons. The summed E-state index contributed by atoms with van der Waals surface area (Å²) in [6, 6.07) is 0. The van der Waals surface area contributed by atoms with Crippen LogP contribution in [0.15, 0.2) is 10.4 Å². The van der Waals surface area contributed by atoms with Crippen LogP contribution in [0.5, 0.6) is 0 Å². The third kappa shape index (κ3) is 5.20. The van der Waals surface area contributed by atoms with Crippen molar-refractivity contribution in [1.82, 2.24) is 15.2 Å². The molecule has 2 aliphatic heterocycles. The first-order chi connectivity index (χ1) is 10.9. The molecule has 3 rings (SSSR count). The summed E-state index contributed by atoms with van der Waals surface area (Å²) >= 11 is 1.78. The Morgan fingerprint density at radius 2 is 1.91 bits per heavy atom. The van der Waals surface area contributed by atoms with Crippen molar-refractivity contribution < 1.29 is 0 Å². The average molecular weight is 449 g/mol. The molecule has 0 spiro atoms. The van der Waals surface area contributed by atoms with Crippen LogP contribution < -0.4 is 10.2 Å². The molecule has 3 heterocycles. The quantitative estimate of drug-likeness (QED) is 0.427. The Kier molecular flexibility index (Phi) is 7.88. The summed E-state index contributed by atoms with van der Waals surface area (Å²) in [4.78, 5) is 14.3. The highest BCUT2D eigenvalue weighted by atomic mass is 127. The van der Waals surface area contributed by atoms with Crippen molar-refractivity contribution in [3.63, 3.8) is 0 Å². The lowest BCUT2D eigenvalue weighted by Crippen LogP contribution is -2.39. The van der Waals surface area contributed by atoms with Crippen LogP contribution in [-0.4, -0.2) is 55.1 Å². The van der Waals surface area contributed by atoms with E-state index in [-0.39, 0.29) is 24.0 Å². The van der Waals surface area contributed by atoms with Gasteiger partial charge in [-0.3, -0.25) is 4.99 Å². The second-order valence-electron chi connectivity index (χ2n) is 6.00. The number of rotatable bonds is 5. The van der Waals surface area contributed by atoms with Crippen molar-refractivity contribution >= 4 is 46.4 Å². The number of halogens is 1. The summed E-state index contributed by atoms with van der Waals surface area (Å²) < 4.78 is 0.